The Bertz CT molecular complexity index is 227. The van der Waals surface area contributed by atoms with E-state index in [0.717, 1.165) is 6.42 Å². The molecule has 0 aromatic heterocycles. The summed E-state index contributed by atoms with van der Waals surface area (Å²) in [5.74, 6) is 0.109. The molecule has 0 heterocycles. The van der Waals surface area contributed by atoms with Gasteiger partial charge in [0.1, 0.15) is 0 Å². The topological polar surface area (TPSA) is 50.8 Å². The summed E-state index contributed by atoms with van der Waals surface area (Å²) in [6, 6.07) is 0. The maximum atomic E-state index is 12.1. The van der Waals surface area contributed by atoms with E-state index >= 15 is 0 Å². The molecule has 0 aromatic rings. The highest BCUT2D eigenvalue weighted by atomic mass is 16.5. The normalized spacial score (nSPS) is 11.6. The largest absolute Gasteiger partial charge is 0.385 e. The molecule has 5 heteroatoms. The zero-order valence-electron chi connectivity index (χ0n) is 12.4. The molecule has 18 heavy (non-hydrogen) atoms. The molecule has 0 spiro atoms. The first-order chi connectivity index (χ1) is 8.40. The zero-order valence-corrected chi connectivity index (χ0v) is 12.4. The molecule has 0 aliphatic carbocycles. The van der Waals surface area contributed by atoms with Crippen LogP contribution in [0, 0.1) is 0 Å². The molecular formula is C13H28N2O3. The number of amides is 1. The minimum absolute atomic E-state index is 0.0465. The third-order valence-corrected chi connectivity index (χ3v) is 2.46. The number of ether oxygens (including phenoxy) is 2. The van der Waals surface area contributed by atoms with Crippen molar-refractivity contribution in [1.82, 2.24) is 10.2 Å². The fourth-order valence-electron chi connectivity index (χ4n) is 1.42. The van der Waals surface area contributed by atoms with Crippen LogP contribution in [0.1, 0.15) is 27.2 Å². The summed E-state index contributed by atoms with van der Waals surface area (Å²) >= 11 is 0. The van der Waals surface area contributed by atoms with Crippen molar-refractivity contribution in [2.24, 2.45) is 0 Å². The smallest absolute Gasteiger partial charge is 0.236 e. The molecule has 0 saturated carbocycles. The molecule has 1 amide bonds. The summed E-state index contributed by atoms with van der Waals surface area (Å²) in [5, 5.41) is 3.21. The summed E-state index contributed by atoms with van der Waals surface area (Å²) < 4.78 is 10.0. The van der Waals surface area contributed by atoms with E-state index in [1.807, 2.05) is 25.7 Å². The van der Waals surface area contributed by atoms with Crippen molar-refractivity contribution in [1.29, 1.82) is 0 Å². The van der Waals surface area contributed by atoms with Crippen LogP contribution in [0.25, 0.3) is 0 Å². The number of nitrogens with one attached hydrogen (secondary N) is 1. The second kappa shape index (κ2) is 9.30. The van der Waals surface area contributed by atoms with Crippen molar-refractivity contribution in [3.8, 4) is 0 Å². The number of hydrogen-bond donors (Lipinski definition) is 1. The summed E-state index contributed by atoms with van der Waals surface area (Å²) in [4.78, 5) is 13.9. The molecule has 0 aliphatic rings. The van der Waals surface area contributed by atoms with Crippen molar-refractivity contribution in [3.05, 3.63) is 0 Å². The van der Waals surface area contributed by atoms with Gasteiger partial charge >= 0.3 is 0 Å². The Hall–Kier alpha value is -0.650. The number of rotatable bonds is 9. The molecule has 0 radical (unpaired) electrons. The van der Waals surface area contributed by atoms with E-state index in [1.54, 1.807) is 14.2 Å². The highest BCUT2D eigenvalue weighted by Crippen LogP contribution is 1.99. The lowest BCUT2D eigenvalue weighted by atomic mass is 10.1. The first kappa shape index (κ1) is 17.4. The molecule has 0 aliphatic heterocycles. The van der Waals surface area contributed by atoms with Gasteiger partial charge in [-0.25, -0.2) is 0 Å². The van der Waals surface area contributed by atoms with Gasteiger partial charge in [-0.1, -0.05) is 0 Å². The van der Waals surface area contributed by atoms with E-state index in [1.165, 1.54) is 0 Å². The third-order valence-electron chi connectivity index (χ3n) is 2.46. The van der Waals surface area contributed by atoms with E-state index in [-0.39, 0.29) is 11.4 Å². The van der Waals surface area contributed by atoms with Gasteiger partial charge in [0, 0.05) is 39.5 Å². The Morgan fingerprint density at radius 3 is 2.22 bits per heavy atom. The van der Waals surface area contributed by atoms with Crippen molar-refractivity contribution in [2.75, 3.05) is 47.1 Å². The second-order valence-electron chi connectivity index (χ2n) is 5.32. The number of carbonyl (C=O) groups excluding carboxylic acids is 1. The molecule has 0 fully saturated rings. The van der Waals surface area contributed by atoms with E-state index in [4.69, 9.17) is 9.47 Å². The zero-order chi connectivity index (χ0) is 14.0. The van der Waals surface area contributed by atoms with E-state index in [2.05, 4.69) is 5.32 Å². The predicted molar refractivity (Wildman–Crippen MR) is 72.7 cm³/mol. The van der Waals surface area contributed by atoms with Crippen LogP contribution in [0.3, 0.4) is 0 Å². The summed E-state index contributed by atoms with van der Waals surface area (Å²) in [6.07, 6.45) is 0.849. The van der Waals surface area contributed by atoms with Gasteiger partial charge in [0.25, 0.3) is 0 Å². The highest BCUT2D eigenvalue weighted by Gasteiger charge is 2.16. The highest BCUT2D eigenvalue weighted by molar-refractivity contribution is 5.78. The van der Waals surface area contributed by atoms with E-state index < -0.39 is 0 Å². The lowest BCUT2D eigenvalue weighted by molar-refractivity contribution is -0.131. The Balaban J connectivity index is 4.12. The quantitative estimate of drug-likeness (QED) is 0.625. The van der Waals surface area contributed by atoms with Gasteiger partial charge in [-0.05, 0) is 27.2 Å². The van der Waals surface area contributed by atoms with Crippen molar-refractivity contribution in [3.63, 3.8) is 0 Å². The van der Waals surface area contributed by atoms with Crippen molar-refractivity contribution in [2.45, 2.75) is 32.7 Å². The van der Waals surface area contributed by atoms with Gasteiger partial charge in [-0.15, -0.1) is 0 Å². The fourth-order valence-corrected chi connectivity index (χ4v) is 1.42. The second-order valence-corrected chi connectivity index (χ2v) is 5.32. The third kappa shape index (κ3) is 9.39. The molecule has 0 rings (SSSR count). The molecule has 0 aromatic carbocycles. The lowest BCUT2D eigenvalue weighted by Crippen LogP contribution is -2.46. The molecule has 0 unspecified atom stereocenters. The maximum absolute atomic E-state index is 12.1. The lowest BCUT2D eigenvalue weighted by Gasteiger charge is -2.26. The van der Waals surface area contributed by atoms with Gasteiger partial charge in [0.05, 0.1) is 13.2 Å². The number of hydrogen-bond acceptors (Lipinski definition) is 4. The summed E-state index contributed by atoms with van der Waals surface area (Å²) in [6.45, 7) is 9.07. The molecule has 108 valence electrons. The SMILES string of the molecule is COCCCN(CCOC)C(=O)CNC(C)(C)C. The minimum Gasteiger partial charge on any atom is -0.385 e. The van der Waals surface area contributed by atoms with Gasteiger partial charge in [0.15, 0.2) is 0 Å². The average molecular weight is 260 g/mol. The van der Waals surface area contributed by atoms with Crippen LogP contribution in [0.15, 0.2) is 0 Å². The monoisotopic (exact) mass is 260 g/mol. The number of methoxy groups -OCH3 is 2. The average Bonchev–Trinajstić information content (AvgIpc) is 2.29. The minimum atomic E-state index is -0.0465. The standard InChI is InChI=1S/C13H28N2O3/c1-13(2,3)14-11-12(16)15(8-10-18-5)7-6-9-17-4/h14H,6-11H2,1-5H3. The van der Waals surface area contributed by atoms with Crippen LogP contribution in [0.5, 0.6) is 0 Å². The molecule has 0 saturated heterocycles. The molecule has 0 bridgehead atoms. The van der Waals surface area contributed by atoms with Crippen molar-refractivity contribution < 1.29 is 14.3 Å². The van der Waals surface area contributed by atoms with Crippen LogP contribution in [0.4, 0.5) is 0 Å². The van der Waals surface area contributed by atoms with Gasteiger partial charge in [-0.2, -0.15) is 0 Å². The first-order valence-corrected chi connectivity index (χ1v) is 6.41. The summed E-state index contributed by atoms with van der Waals surface area (Å²) in [7, 11) is 3.31. The van der Waals surface area contributed by atoms with Crippen molar-refractivity contribution >= 4 is 5.91 Å². The Morgan fingerprint density at radius 2 is 1.72 bits per heavy atom. The molecule has 1 N–H and O–H groups in total. The Labute approximate surface area is 111 Å². The van der Waals surface area contributed by atoms with Crippen LogP contribution in [-0.2, 0) is 14.3 Å². The number of carbonyl (C=O) groups is 1. The van der Waals surface area contributed by atoms with E-state index in [9.17, 15) is 4.79 Å². The van der Waals surface area contributed by atoms with Gasteiger partial charge in [0.2, 0.25) is 5.91 Å². The van der Waals surface area contributed by atoms with Gasteiger partial charge < -0.3 is 19.7 Å². The number of nitrogens with zero attached hydrogens (tertiary/aromatic N) is 1. The Kier molecular flexibility index (Phi) is 8.97. The van der Waals surface area contributed by atoms with E-state index in [0.29, 0.717) is 32.8 Å². The summed E-state index contributed by atoms with van der Waals surface area (Å²) in [5.41, 5.74) is -0.0465. The maximum Gasteiger partial charge on any atom is 0.236 e. The fraction of sp³-hybridized carbons (Fsp3) is 0.923. The van der Waals surface area contributed by atoms with Crippen LogP contribution >= 0.6 is 0 Å². The van der Waals surface area contributed by atoms with Crippen LogP contribution in [0.2, 0.25) is 0 Å². The Morgan fingerprint density at radius 1 is 1.11 bits per heavy atom. The van der Waals surface area contributed by atoms with Crippen LogP contribution in [-0.4, -0.2) is 63.4 Å². The van der Waals surface area contributed by atoms with Crippen LogP contribution < -0.4 is 5.32 Å². The first-order valence-electron chi connectivity index (χ1n) is 6.41. The molecule has 5 nitrogen and oxygen atoms in total. The molecule has 0 atom stereocenters. The predicted octanol–water partition coefficient (Wildman–Crippen LogP) is 0.886. The van der Waals surface area contributed by atoms with Gasteiger partial charge in [-0.3, -0.25) is 4.79 Å². The molecular weight excluding hydrogens is 232 g/mol.